The molecule has 0 bridgehead atoms. The number of rotatable bonds is 6. The van der Waals surface area contributed by atoms with Gasteiger partial charge in [0.2, 0.25) is 0 Å². The van der Waals surface area contributed by atoms with Crippen LogP contribution in [0.3, 0.4) is 0 Å². The van der Waals surface area contributed by atoms with E-state index in [1.807, 2.05) is 46.1 Å². The zero-order valence-electron chi connectivity index (χ0n) is 20.1. The van der Waals surface area contributed by atoms with E-state index in [1.54, 1.807) is 0 Å². The lowest BCUT2D eigenvalue weighted by atomic mass is 10.0. The Morgan fingerprint density at radius 1 is 0.971 bits per heavy atom. The minimum Gasteiger partial charge on any atom is -0.336 e. The van der Waals surface area contributed by atoms with E-state index in [9.17, 15) is 13.2 Å². The molecule has 1 amide bonds. The summed E-state index contributed by atoms with van der Waals surface area (Å²) in [6, 6.07) is 18.5. The van der Waals surface area contributed by atoms with Gasteiger partial charge < -0.3 is 4.90 Å². The molecule has 2 saturated heterocycles. The molecule has 0 aliphatic carbocycles. The molecular weight excluding hydrogens is 460 g/mol. The van der Waals surface area contributed by atoms with Crippen molar-refractivity contribution < 1.29 is 13.2 Å². The standard InChI is InChI=1S/C27H32N4O3S/c1-2-21-8-10-23(11-9-21)26-25(19-31(28-26)18-22-6-4-3-5-7-22)27(32)30-15-13-29(14-16-30)24-12-17-35(33,34)20-24/h3-11,19,24H,2,12-18,20H2,1H3/t24-/m1/s1. The Kier molecular flexibility index (Phi) is 6.75. The first-order chi connectivity index (χ1) is 16.9. The van der Waals surface area contributed by atoms with Crippen molar-refractivity contribution in [1.82, 2.24) is 19.6 Å². The number of hydrogen-bond acceptors (Lipinski definition) is 5. The summed E-state index contributed by atoms with van der Waals surface area (Å²) in [5.41, 5.74) is 4.63. The van der Waals surface area contributed by atoms with Gasteiger partial charge in [-0.15, -0.1) is 0 Å². The third-order valence-electron chi connectivity index (χ3n) is 7.14. The summed E-state index contributed by atoms with van der Waals surface area (Å²) >= 11 is 0. The summed E-state index contributed by atoms with van der Waals surface area (Å²) in [5, 5.41) is 4.83. The molecule has 0 spiro atoms. The molecule has 2 fully saturated rings. The van der Waals surface area contributed by atoms with Gasteiger partial charge in [0, 0.05) is 44.0 Å². The molecule has 0 unspecified atom stereocenters. The van der Waals surface area contributed by atoms with Crippen molar-refractivity contribution in [2.45, 2.75) is 32.4 Å². The van der Waals surface area contributed by atoms with E-state index in [4.69, 9.17) is 5.10 Å². The highest BCUT2D eigenvalue weighted by molar-refractivity contribution is 7.91. The normalized spacial score (nSPS) is 20.3. The van der Waals surface area contributed by atoms with E-state index in [0.717, 1.165) is 17.5 Å². The Labute approximate surface area is 207 Å². The number of carbonyl (C=O) groups is 1. The summed E-state index contributed by atoms with van der Waals surface area (Å²) in [7, 11) is -2.92. The molecule has 0 radical (unpaired) electrons. The third kappa shape index (κ3) is 5.33. The lowest BCUT2D eigenvalue weighted by Crippen LogP contribution is -2.52. The van der Waals surface area contributed by atoms with Gasteiger partial charge in [0.15, 0.2) is 9.84 Å². The molecule has 8 heteroatoms. The first-order valence-electron chi connectivity index (χ1n) is 12.4. The summed E-state index contributed by atoms with van der Waals surface area (Å²) in [6.07, 6.45) is 3.52. The van der Waals surface area contributed by atoms with Crippen LogP contribution in [-0.2, 0) is 22.8 Å². The summed E-state index contributed by atoms with van der Waals surface area (Å²) in [5.74, 6) is 0.500. The maximum atomic E-state index is 13.7. The SMILES string of the molecule is CCc1ccc(-c2nn(Cc3ccccc3)cc2C(=O)N2CCN([C@@H]3CCS(=O)(=O)C3)CC2)cc1. The Morgan fingerprint density at radius 2 is 1.69 bits per heavy atom. The number of sulfone groups is 1. The molecule has 35 heavy (non-hydrogen) atoms. The molecular formula is C27H32N4O3S. The molecule has 184 valence electrons. The lowest BCUT2D eigenvalue weighted by Gasteiger charge is -2.37. The van der Waals surface area contributed by atoms with Gasteiger partial charge in [-0.25, -0.2) is 8.42 Å². The van der Waals surface area contributed by atoms with Crippen LogP contribution in [0.2, 0.25) is 0 Å². The fourth-order valence-corrected chi connectivity index (χ4v) is 6.83. The van der Waals surface area contributed by atoms with Gasteiger partial charge in [-0.1, -0.05) is 61.5 Å². The van der Waals surface area contributed by atoms with Crippen LogP contribution in [0.15, 0.2) is 60.8 Å². The quantitative estimate of drug-likeness (QED) is 0.529. The van der Waals surface area contributed by atoms with Crippen molar-refractivity contribution in [2.24, 2.45) is 0 Å². The van der Waals surface area contributed by atoms with Crippen LogP contribution in [-0.4, -0.2) is 77.6 Å². The van der Waals surface area contributed by atoms with Crippen LogP contribution >= 0.6 is 0 Å². The maximum absolute atomic E-state index is 13.7. The van der Waals surface area contributed by atoms with Crippen molar-refractivity contribution >= 4 is 15.7 Å². The molecule has 0 saturated carbocycles. The van der Waals surface area contributed by atoms with Gasteiger partial charge in [-0.05, 0) is 24.0 Å². The van der Waals surface area contributed by atoms with Crippen LogP contribution in [0.25, 0.3) is 11.3 Å². The number of hydrogen-bond donors (Lipinski definition) is 0. The highest BCUT2D eigenvalue weighted by Gasteiger charge is 2.35. The minimum absolute atomic E-state index is 0.0161. The number of benzene rings is 2. The van der Waals surface area contributed by atoms with Gasteiger partial charge in [-0.2, -0.15) is 5.10 Å². The molecule has 7 nitrogen and oxygen atoms in total. The average molecular weight is 493 g/mol. The summed E-state index contributed by atoms with van der Waals surface area (Å²) in [6.45, 7) is 5.30. The first kappa shape index (κ1) is 23.8. The number of aromatic nitrogens is 2. The van der Waals surface area contributed by atoms with Crippen LogP contribution in [0.4, 0.5) is 0 Å². The maximum Gasteiger partial charge on any atom is 0.257 e. The van der Waals surface area contributed by atoms with Gasteiger partial charge in [0.05, 0.1) is 23.6 Å². The molecule has 1 atom stereocenters. The largest absolute Gasteiger partial charge is 0.336 e. The molecule has 1 aromatic heterocycles. The number of nitrogens with zero attached hydrogens (tertiary/aromatic N) is 4. The molecule has 3 aromatic rings. The van der Waals surface area contributed by atoms with Gasteiger partial charge in [0.25, 0.3) is 5.91 Å². The second kappa shape index (κ2) is 9.95. The molecule has 2 aliphatic rings. The molecule has 3 heterocycles. The highest BCUT2D eigenvalue weighted by Crippen LogP contribution is 2.26. The van der Waals surface area contributed by atoms with E-state index in [0.29, 0.717) is 50.4 Å². The third-order valence-corrected chi connectivity index (χ3v) is 8.89. The van der Waals surface area contributed by atoms with Gasteiger partial charge >= 0.3 is 0 Å². The van der Waals surface area contributed by atoms with Crippen LogP contribution in [0, 0.1) is 0 Å². The average Bonchev–Trinajstić information content (AvgIpc) is 3.47. The smallest absolute Gasteiger partial charge is 0.257 e. The fourth-order valence-electron chi connectivity index (χ4n) is 5.06. The Balaban J connectivity index is 1.36. The number of carbonyl (C=O) groups excluding carboxylic acids is 1. The predicted molar refractivity (Wildman–Crippen MR) is 137 cm³/mol. The number of piperazine rings is 1. The first-order valence-corrected chi connectivity index (χ1v) is 14.2. The van der Waals surface area contributed by atoms with Crippen molar-refractivity contribution in [2.75, 3.05) is 37.7 Å². The van der Waals surface area contributed by atoms with Crippen LogP contribution < -0.4 is 0 Å². The van der Waals surface area contributed by atoms with E-state index in [2.05, 4.69) is 36.1 Å². The zero-order chi connectivity index (χ0) is 24.4. The van der Waals surface area contributed by atoms with E-state index >= 15 is 0 Å². The van der Waals surface area contributed by atoms with Crippen molar-refractivity contribution in [3.05, 3.63) is 77.5 Å². The van der Waals surface area contributed by atoms with Crippen molar-refractivity contribution in [3.8, 4) is 11.3 Å². The Bertz CT molecular complexity index is 1280. The monoisotopic (exact) mass is 492 g/mol. The lowest BCUT2D eigenvalue weighted by molar-refractivity contribution is 0.0588. The number of amides is 1. The molecule has 2 aliphatic heterocycles. The second-order valence-corrected chi connectivity index (χ2v) is 11.7. The fraction of sp³-hybridized carbons (Fsp3) is 0.407. The van der Waals surface area contributed by atoms with E-state index in [1.165, 1.54) is 5.56 Å². The number of aryl methyl sites for hydroxylation is 1. The van der Waals surface area contributed by atoms with E-state index in [-0.39, 0.29) is 23.5 Å². The molecule has 2 aromatic carbocycles. The summed E-state index contributed by atoms with van der Waals surface area (Å²) in [4.78, 5) is 17.8. The van der Waals surface area contributed by atoms with Crippen molar-refractivity contribution in [3.63, 3.8) is 0 Å². The second-order valence-electron chi connectivity index (χ2n) is 9.51. The predicted octanol–water partition coefficient (Wildman–Crippen LogP) is 3.11. The van der Waals surface area contributed by atoms with Gasteiger partial charge in [-0.3, -0.25) is 14.4 Å². The van der Waals surface area contributed by atoms with Crippen LogP contribution in [0.1, 0.15) is 34.8 Å². The summed E-state index contributed by atoms with van der Waals surface area (Å²) < 4.78 is 25.6. The topological polar surface area (TPSA) is 75.5 Å². The van der Waals surface area contributed by atoms with Crippen molar-refractivity contribution in [1.29, 1.82) is 0 Å². The molecule has 5 rings (SSSR count). The Morgan fingerprint density at radius 3 is 2.31 bits per heavy atom. The minimum atomic E-state index is -2.92. The zero-order valence-corrected chi connectivity index (χ0v) is 21.0. The van der Waals surface area contributed by atoms with Gasteiger partial charge in [0.1, 0.15) is 5.69 Å². The highest BCUT2D eigenvalue weighted by atomic mass is 32.2. The van der Waals surface area contributed by atoms with Crippen LogP contribution in [0.5, 0.6) is 0 Å². The molecule has 0 N–H and O–H groups in total. The van der Waals surface area contributed by atoms with E-state index < -0.39 is 9.84 Å². The Hall–Kier alpha value is -2.97.